The molecule has 0 aliphatic carbocycles. The lowest BCUT2D eigenvalue weighted by molar-refractivity contribution is -0.121. The van der Waals surface area contributed by atoms with Gasteiger partial charge in [-0.1, -0.05) is 34.9 Å². The second kappa shape index (κ2) is 8.31. The number of nitrogens with zero attached hydrogens (tertiary/aromatic N) is 3. The largest absolute Gasteiger partial charge is 0.355 e. The smallest absolute Gasteiger partial charge is 0.274 e. The maximum Gasteiger partial charge on any atom is 0.274 e. The van der Waals surface area contributed by atoms with Gasteiger partial charge in [0, 0.05) is 22.8 Å². The Kier molecular flexibility index (Phi) is 5.88. The molecule has 0 spiro atoms. The average molecular weight is 417 g/mol. The van der Waals surface area contributed by atoms with Crippen LogP contribution in [0, 0.1) is 5.92 Å². The first kappa shape index (κ1) is 18.4. The van der Waals surface area contributed by atoms with E-state index in [1.165, 1.54) is 0 Å². The third-order valence-electron chi connectivity index (χ3n) is 3.93. The lowest BCUT2D eigenvalue weighted by Crippen LogP contribution is -2.29. The molecule has 0 aliphatic rings. The van der Waals surface area contributed by atoms with E-state index >= 15 is 0 Å². The van der Waals surface area contributed by atoms with Crippen LogP contribution in [0.4, 0.5) is 0 Å². The van der Waals surface area contributed by atoms with Crippen LogP contribution in [0.5, 0.6) is 0 Å². The number of nitrogens with one attached hydrogen (secondary N) is 1. The summed E-state index contributed by atoms with van der Waals surface area (Å²) in [5.74, 6) is 1.44. The van der Waals surface area contributed by atoms with E-state index in [-0.39, 0.29) is 12.5 Å². The molecular formula is C19H21BrN4O2. The highest BCUT2D eigenvalue weighted by atomic mass is 79.9. The summed E-state index contributed by atoms with van der Waals surface area (Å²) in [5.41, 5.74) is 1.59. The third-order valence-corrected chi connectivity index (χ3v) is 4.46. The van der Waals surface area contributed by atoms with Gasteiger partial charge in [0.2, 0.25) is 11.7 Å². The number of hydrogen-bond acceptors (Lipinski definition) is 4. The van der Waals surface area contributed by atoms with Crippen molar-refractivity contribution in [2.45, 2.75) is 26.8 Å². The van der Waals surface area contributed by atoms with Gasteiger partial charge in [0.15, 0.2) is 0 Å². The molecule has 3 rings (SSSR count). The second-order valence-corrected chi connectivity index (χ2v) is 7.40. The Morgan fingerprint density at radius 3 is 2.77 bits per heavy atom. The van der Waals surface area contributed by atoms with Crippen molar-refractivity contribution in [2.24, 2.45) is 5.92 Å². The number of carbonyl (C=O) groups is 1. The average Bonchev–Trinajstić information content (AvgIpc) is 3.24. The molecule has 1 aromatic carbocycles. The number of hydrogen-bond donors (Lipinski definition) is 1. The Bertz CT molecular complexity index is 868. The van der Waals surface area contributed by atoms with Crippen LogP contribution in [-0.4, -0.2) is 27.2 Å². The minimum absolute atomic E-state index is 0.0317. The van der Waals surface area contributed by atoms with Gasteiger partial charge in [-0.2, -0.15) is 4.98 Å². The molecule has 0 unspecified atom stereocenters. The van der Waals surface area contributed by atoms with Crippen LogP contribution in [0.15, 0.2) is 51.6 Å². The van der Waals surface area contributed by atoms with Crippen molar-refractivity contribution in [1.82, 2.24) is 20.0 Å². The first-order chi connectivity index (χ1) is 12.5. The fourth-order valence-corrected chi connectivity index (χ4v) is 2.77. The summed E-state index contributed by atoms with van der Waals surface area (Å²) < 4.78 is 8.20. The van der Waals surface area contributed by atoms with Crippen molar-refractivity contribution in [3.05, 3.63) is 47.1 Å². The number of halogens is 1. The Labute approximate surface area is 160 Å². The van der Waals surface area contributed by atoms with Crippen molar-refractivity contribution in [2.75, 3.05) is 6.54 Å². The summed E-state index contributed by atoms with van der Waals surface area (Å²) in [6.45, 7) is 5.17. The topological polar surface area (TPSA) is 73.0 Å². The van der Waals surface area contributed by atoms with Crippen LogP contribution in [-0.2, 0) is 11.3 Å². The molecule has 1 N–H and O–H groups in total. The minimum Gasteiger partial charge on any atom is -0.355 e. The van der Waals surface area contributed by atoms with Crippen LogP contribution in [0.3, 0.4) is 0 Å². The van der Waals surface area contributed by atoms with E-state index in [0.717, 1.165) is 22.2 Å². The van der Waals surface area contributed by atoms with Gasteiger partial charge < -0.3 is 14.4 Å². The van der Waals surface area contributed by atoms with Gasteiger partial charge in [0.1, 0.15) is 12.2 Å². The number of aromatic nitrogens is 3. The van der Waals surface area contributed by atoms with Crippen LogP contribution in [0.2, 0.25) is 0 Å². The molecule has 2 aromatic heterocycles. The second-order valence-electron chi connectivity index (χ2n) is 6.48. The van der Waals surface area contributed by atoms with Crippen molar-refractivity contribution >= 4 is 21.8 Å². The highest BCUT2D eigenvalue weighted by Crippen LogP contribution is 2.24. The summed E-state index contributed by atoms with van der Waals surface area (Å²) in [6, 6.07) is 11.4. The van der Waals surface area contributed by atoms with Crippen LogP contribution in [0.25, 0.3) is 23.0 Å². The molecule has 0 bridgehead atoms. The Hall–Kier alpha value is -2.41. The molecule has 0 radical (unpaired) electrons. The van der Waals surface area contributed by atoms with Gasteiger partial charge in [-0.25, -0.2) is 0 Å². The highest BCUT2D eigenvalue weighted by Gasteiger charge is 2.15. The first-order valence-corrected chi connectivity index (χ1v) is 9.34. The van der Waals surface area contributed by atoms with Gasteiger partial charge in [-0.05, 0) is 48.7 Å². The number of amides is 1. The number of rotatable bonds is 7. The molecule has 136 valence electrons. The molecule has 1 amide bonds. The molecule has 0 saturated carbocycles. The zero-order chi connectivity index (χ0) is 18.5. The van der Waals surface area contributed by atoms with E-state index in [0.29, 0.717) is 24.2 Å². The Morgan fingerprint density at radius 2 is 2.04 bits per heavy atom. The maximum atomic E-state index is 12.1. The van der Waals surface area contributed by atoms with Gasteiger partial charge in [-0.3, -0.25) is 4.79 Å². The third kappa shape index (κ3) is 4.60. The van der Waals surface area contributed by atoms with Crippen LogP contribution in [0.1, 0.15) is 20.3 Å². The predicted molar refractivity (Wildman–Crippen MR) is 103 cm³/mol. The molecule has 26 heavy (non-hydrogen) atoms. The van der Waals surface area contributed by atoms with Gasteiger partial charge in [0.05, 0.1) is 0 Å². The molecule has 0 atom stereocenters. The van der Waals surface area contributed by atoms with Gasteiger partial charge in [-0.15, -0.1) is 0 Å². The summed E-state index contributed by atoms with van der Waals surface area (Å²) in [6.07, 6.45) is 2.80. The van der Waals surface area contributed by atoms with Crippen molar-refractivity contribution in [3.8, 4) is 23.0 Å². The van der Waals surface area contributed by atoms with E-state index in [9.17, 15) is 4.79 Å². The monoisotopic (exact) mass is 416 g/mol. The number of benzene rings is 1. The minimum atomic E-state index is -0.0317. The predicted octanol–water partition coefficient (Wildman–Crippen LogP) is 4.13. The molecule has 0 saturated heterocycles. The zero-order valence-corrected chi connectivity index (χ0v) is 16.4. The van der Waals surface area contributed by atoms with E-state index in [2.05, 4.69) is 45.2 Å². The highest BCUT2D eigenvalue weighted by molar-refractivity contribution is 9.10. The maximum absolute atomic E-state index is 12.1. The van der Waals surface area contributed by atoms with Gasteiger partial charge in [0.25, 0.3) is 5.89 Å². The lowest BCUT2D eigenvalue weighted by atomic mass is 10.1. The van der Waals surface area contributed by atoms with Crippen LogP contribution >= 0.6 is 15.9 Å². The fraction of sp³-hybridized carbons (Fsp3) is 0.316. The molecular weight excluding hydrogens is 396 g/mol. The SMILES string of the molecule is CC(C)CCNC(=O)Cn1cccc1-c1nc(-c2ccc(Br)cc2)no1. The van der Waals surface area contributed by atoms with Crippen molar-refractivity contribution < 1.29 is 9.32 Å². The summed E-state index contributed by atoms with van der Waals surface area (Å²) in [7, 11) is 0. The van der Waals surface area contributed by atoms with E-state index in [4.69, 9.17) is 4.52 Å². The zero-order valence-electron chi connectivity index (χ0n) is 14.8. The Balaban J connectivity index is 1.70. The molecule has 2 heterocycles. The van der Waals surface area contributed by atoms with Gasteiger partial charge >= 0.3 is 0 Å². The molecule has 0 aliphatic heterocycles. The molecule has 3 aromatic rings. The molecule has 0 fully saturated rings. The van der Waals surface area contributed by atoms with Crippen LogP contribution < -0.4 is 5.32 Å². The normalized spacial score (nSPS) is 11.1. The fourth-order valence-electron chi connectivity index (χ4n) is 2.50. The Morgan fingerprint density at radius 1 is 1.27 bits per heavy atom. The molecule has 7 heteroatoms. The first-order valence-electron chi connectivity index (χ1n) is 8.55. The van der Waals surface area contributed by atoms with E-state index in [1.54, 1.807) is 0 Å². The van der Waals surface area contributed by atoms with Crippen molar-refractivity contribution in [3.63, 3.8) is 0 Å². The van der Waals surface area contributed by atoms with E-state index in [1.807, 2.05) is 47.2 Å². The number of carbonyl (C=O) groups excluding carboxylic acids is 1. The van der Waals surface area contributed by atoms with E-state index < -0.39 is 0 Å². The standard InChI is InChI=1S/C19H21BrN4O2/c1-13(2)9-10-21-17(25)12-24-11-3-4-16(24)19-22-18(23-26-19)14-5-7-15(20)8-6-14/h3-8,11,13H,9-10,12H2,1-2H3,(H,21,25). The summed E-state index contributed by atoms with van der Waals surface area (Å²) in [4.78, 5) is 16.6. The molecule has 6 nitrogen and oxygen atoms in total. The quantitative estimate of drug-likeness (QED) is 0.628. The summed E-state index contributed by atoms with van der Waals surface area (Å²) in [5, 5.41) is 6.98. The van der Waals surface area contributed by atoms with Crippen molar-refractivity contribution in [1.29, 1.82) is 0 Å². The lowest BCUT2D eigenvalue weighted by Gasteiger charge is -2.09. The summed E-state index contributed by atoms with van der Waals surface area (Å²) >= 11 is 3.41.